The first kappa shape index (κ1) is 25.7. The maximum atomic E-state index is 6.27. The van der Waals surface area contributed by atoms with E-state index in [1.807, 2.05) is 32.1 Å². The van der Waals surface area contributed by atoms with Gasteiger partial charge >= 0.3 is 0 Å². The van der Waals surface area contributed by atoms with Gasteiger partial charge in [0.15, 0.2) is 11.5 Å². The Kier molecular flexibility index (Phi) is 7.56. The number of rotatable bonds is 7. The van der Waals surface area contributed by atoms with Crippen molar-refractivity contribution in [3.05, 3.63) is 90.9 Å². The smallest absolute Gasteiger partial charge is 0.165 e. The summed E-state index contributed by atoms with van der Waals surface area (Å²) in [6.45, 7) is 16.8. The fourth-order valence-corrected chi connectivity index (χ4v) is 4.94. The van der Waals surface area contributed by atoms with Crippen LogP contribution in [0.3, 0.4) is 0 Å². The summed E-state index contributed by atoms with van der Waals surface area (Å²) in [6.07, 6.45) is 5.96. The highest BCUT2D eigenvalue weighted by Gasteiger charge is 2.26. The van der Waals surface area contributed by atoms with Gasteiger partial charge in [-0.1, -0.05) is 39.1 Å². The Bertz CT molecular complexity index is 1420. The third kappa shape index (κ3) is 5.20. The summed E-state index contributed by atoms with van der Waals surface area (Å²) in [5.74, 6) is 1.80. The first-order chi connectivity index (χ1) is 18.6. The van der Waals surface area contributed by atoms with Gasteiger partial charge < -0.3 is 10.6 Å². The maximum absolute atomic E-state index is 6.27. The van der Waals surface area contributed by atoms with Gasteiger partial charge in [0, 0.05) is 61.9 Å². The minimum Gasteiger partial charge on any atom is -0.383 e. The van der Waals surface area contributed by atoms with Crippen LogP contribution in [0.4, 0.5) is 5.82 Å². The van der Waals surface area contributed by atoms with Gasteiger partial charge in [0.2, 0.25) is 0 Å². The molecule has 3 aromatic heterocycles. The Hall–Kier alpha value is -3.97. The molecule has 4 heterocycles. The average Bonchev–Trinajstić information content (AvgIpc) is 3.75. The first-order valence-electron chi connectivity index (χ1n) is 13.6. The molecule has 1 aliphatic heterocycles. The molecule has 1 saturated heterocycles. The minimum absolute atomic E-state index is 0.464. The second kappa shape index (κ2) is 11.2. The van der Waals surface area contributed by atoms with Gasteiger partial charge in [-0.2, -0.15) is 0 Å². The number of allylic oxidation sites excluding steroid dienone is 1. The Balaban J connectivity index is 0.00000144. The number of aromatic nitrogens is 4. The lowest BCUT2D eigenvalue weighted by Crippen LogP contribution is -2.44. The van der Waals surface area contributed by atoms with Crippen LogP contribution in [-0.4, -0.2) is 55.5 Å². The van der Waals surface area contributed by atoms with Crippen LogP contribution >= 0.6 is 0 Å². The maximum Gasteiger partial charge on any atom is 0.165 e. The molecular formula is C31H37N7. The van der Waals surface area contributed by atoms with Gasteiger partial charge in [0.1, 0.15) is 11.3 Å². The van der Waals surface area contributed by atoms with Crippen molar-refractivity contribution in [2.45, 2.75) is 39.2 Å². The molecule has 0 unspecified atom stereocenters. The molecule has 6 rings (SSSR count). The topological polar surface area (TPSA) is 76.1 Å². The fourth-order valence-electron chi connectivity index (χ4n) is 4.94. The van der Waals surface area contributed by atoms with E-state index in [4.69, 9.17) is 15.7 Å². The number of anilines is 1. The van der Waals surface area contributed by atoms with Crippen LogP contribution in [0, 0.1) is 0 Å². The molecule has 1 saturated carbocycles. The fraction of sp³-hybridized carbons (Fsp3) is 0.323. The number of pyridine rings is 2. The molecular weight excluding hydrogens is 470 g/mol. The SMILES string of the molecule is C=CC(=C)N1CCN(Cc2ccc(-n3c(-c4cccnc4N)nc4ccc(C5CC5)nc43)cc2)CC1.CC. The number of imidazole rings is 1. The van der Waals surface area contributed by atoms with E-state index in [1.54, 1.807) is 6.20 Å². The molecule has 0 spiro atoms. The third-order valence-corrected chi connectivity index (χ3v) is 7.22. The van der Waals surface area contributed by atoms with Gasteiger partial charge in [-0.15, -0.1) is 0 Å². The first-order valence-corrected chi connectivity index (χ1v) is 13.6. The Morgan fingerprint density at radius 2 is 1.74 bits per heavy atom. The van der Waals surface area contributed by atoms with E-state index in [9.17, 15) is 0 Å². The highest BCUT2D eigenvalue weighted by atomic mass is 15.3. The molecule has 0 amide bonds. The quantitative estimate of drug-likeness (QED) is 0.319. The molecule has 2 N–H and O–H groups in total. The van der Waals surface area contributed by atoms with Crippen molar-refractivity contribution in [3.8, 4) is 17.1 Å². The lowest BCUT2D eigenvalue weighted by atomic mass is 10.1. The molecule has 2 aliphatic rings. The van der Waals surface area contributed by atoms with Crippen LogP contribution in [0.2, 0.25) is 0 Å². The molecule has 0 atom stereocenters. The summed E-state index contributed by atoms with van der Waals surface area (Å²) < 4.78 is 2.12. The van der Waals surface area contributed by atoms with Crippen molar-refractivity contribution >= 4 is 17.0 Å². The average molecular weight is 508 g/mol. The Morgan fingerprint density at radius 1 is 1.00 bits per heavy atom. The van der Waals surface area contributed by atoms with Crippen LogP contribution in [0.15, 0.2) is 79.7 Å². The lowest BCUT2D eigenvalue weighted by Gasteiger charge is -2.36. The van der Waals surface area contributed by atoms with E-state index in [2.05, 4.69) is 68.9 Å². The number of hydrogen-bond acceptors (Lipinski definition) is 6. The highest BCUT2D eigenvalue weighted by molar-refractivity contribution is 5.83. The largest absolute Gasteiger partial charge is 0.383 e. The van der Waals surface area contributed by atoms with Crippen LogP contribution in [0.25, 0.3) is 28.2 Å². The summed E-state index contributed by atoms with van der Waals surface area (Å²) in [5.41, 5.74) is 13.3. The summed E-state index contributed by atoms with van der Waals surface area (Å²) in [4.78, 5) is 19.1. The lowest BCUT2D eigenvalue weighted by molar-refractivity contribution is 0.156. The van der Waals surface area contributed by atoms with Crippen LogP contribution in [0.1, 0.15) is 43.9 Å². The van der Waals surface area contributed by atoms with Crippen molar-refractivity contribution in [2.24, 2.45) is 0 Å². The summed E-state index contributed by atoms with van der Waals surface area (Å²) in [7, 11) is 0. The standard InChI is InChI=1S/C29H31N7.C2H6/c1-3-20(2)35-17-15-34(16-18-35)19-21-6-10-23(11-7-21)36-28(24-5-4-14-31-27(24)30)33-26-13-12-25(22-8-9-22)32-29(26)36;1-2/h3-7,10-14,22H,1-2,8-9,15-19H2,(H2,30,31);1-2H3. The Labute approximate surface area is 225 Å². The van der Waals surface area contributed by atoms with Crippen molar-refractivity contribution in [3.63, 3.8) is 0 Å². The predicted molar refractivity (Wildman–Crippen MR) is 156 cm³/mol. The second-order valence-electron chi connectivity index (χ2n) is 9.69. The number of piperazine rings is 1. The summed E-state index contributed by atoms with van der Waals surface area (Å²) in [5, 5.41) is 0. The number of benzene rings is 1. The van der Waals surface area contributed by atoms with E-state index in [0.717, 1.165) is 72.4 Å². The van der Waals surface area contributed by atoms with Crippen LogP contribution in [-0.2, 0) is 6.54 Å². The minimum atomic E-state index is 0.464. The molecule has 38 heavy (non-hydrogen) atoms. The molecule has 7 heteroatoms. The van der Waals surface area contributed by atoms with Crippen LogP contribution in [0.5, 0.6) is 0 Å². The third-order valence-electron chi connectivity index (χ3n) is 7.22. The van der Waals surface area contributed by atoms with Gasteiger partial charge in [0.25, 0.3) is 0 Å². The molecule has 2 fully saturated rings. The van der Waals surface area contributed by atoms with Crippen molar-refractivity contribution in [2.75, 3.05) is 31.9 Å². The van der Waals surface area contributed by atoms with E-state index < -0.39 is 0 Å². The molecule has 1 aromatic carbocycles. The Morgan fingerprint density at radius 3 is 2.39 bits per heavy atom. The van der Waals surface area contributed by atoms with E-state index in [1.165, 1.54) is 18.4 Å². The monoisotopic (exact) mass is 507 g/mol. The highest BCUT2D eigenvalue weighted by Crippen LogP contribution is 2.40. The second-order valence-corrected chi connectivity index (χ2v) is 9.69. The molecule has 196 valence electrons. The van der Waals surface area contributed by atoms with E-state index >= 15 is 0 Å². The number of nitrogen functional groups attached to an aromatic ring is 1. The molecule has 1 aliphatic carbocycles. The van der Waals surface area contributed by atoms with Crippen molar-refractivity contribution < 1.29 is 0 Å². The summed E-state index contributed by atoms with van der Waals surface area (Å²) >= 11 is 0. The van der Waals surface area contributed by atoms with Gasteiger partial charge in [-0.3, -0.25) is 9.47 Å². The number of hydrogen-bond donors (Lipinski definition) is 1. The van der Waals surface area contributed by atoms with Gasteiger partial charge in [-0.05, 0) is 60.9 Å². The van der Waals surface area contributed by atoms with E-state index in [-0.39, 0.29) is 0 Å². The molecule has 7 nitrogen and oxygen atoms in total. The molecule has 0 bridgehead atoms. The zero-order valence-electron chi connectivity index (χ0n) is 22.5. The van der Waals surface area contributed by atoms with Gasteiger partial charge in [0.05, 0.1) is 5.56 Å². The zero-order valence-corrected chi connectivity index (χ0v) is 22.5. The van der Waals surface area contributed by atoms with Crippen molar-refractivity contribution in [1.82, 2.24) is 29.3 Å². The van der Waals surface area contributed by atoms with E-state index in [0.29, 0.717) is 11.7 Å². The van der Waals surface area contributed by atoms with Gasteiger partial charge in [-0.25, -0.2) is 15.0 Å². The van der Waals surface area contributed by atoms with Crippen molar-refractivity contribution in [1.29, 1.82) is 0 Å². The number of nitrogens with zero attached hydrogens (tertiary/aromatic N) is 6. The normalized spacial score (nSPS) is 15.7. The predicted octanol–water partition coefficient (Wildman–Crippen LogP) is 5.79. The number of nitrogens with two attached hydrogens (primary N) is 1. The molecule has 4 aromatic rings. The number of fused-ring (bicyclic) bond motifs is 1. The summed E-state index contributed by atoms with van der Waals surface area (Å²) in [6, 6.07) is 16.8. The van der Waals surface area contributed by atoms with Crippen LogP contribution < -0.4 is 5.73 Å². The molecule has 0 radical (unpaired) electrons. The zero-order chi connectivity index (χ0) is 26.6.